The Labute approximate surface area is 88.5 Å². The lowest BCUT2D eigenvalue weighted by Crippen LogP contribution is -2.05. The molecule has 82 valence electrons. The van der Waals surface area contributed by atoms with Crippen molar-refractivity contribution in [3.05, 3.63) is 23.8 Å². The summed E-state index contributed by atoms with van der Waals surface area (Å²) in [6.45, 7) is 0. The fourth-order valence-electron chi connectivity index (χ4n) is 1.19. The van der Waals surface area contributed by atoms with Gasteiger partial charge in [-0.05, 0) is 12.1 Å². The number of hydrogen-bond donors (Lipinski definition) is 1. The van der Waals surface area contributed by atoms with Gasteiger partial charge in [0.1, 0.15) is 5.52 Å². The first-order valence-electron chi connectivity index (χ1n) is 3.71. The van der Waals surface area contributed by atoms with Crippen LogP contribution in [0.5, 0.6) is 0 Å². The second-order valence-corrected chi connectivity index (χ2v) is 2.70. The molecular formula is C8H6ClF3N2O. The van der Waals surface area contributed by atoms with Crippen LogP contribution in [0.4, 0.5) is 19.2 Å². The summed E-state index contributed by atoms with van der Waals surface area (Å²) in [5, 5.41) is 0. The summed E-state index contributed by atoms with van der Waals surface area (Å²) in [5.74, 6) is 0. The van der Waals surface area contributed by atoms with Gasteiger partial charge in [0.25, 0.3) is 6.01 Å². The maximum atomic E-state index is 12.4. The number of oxazole rings is 1. The van der Waals surface area contributed by atoms with Crippen LogP contribution in [0.15, 0.2) is 22.6 Å². The molecule has 0 aliphatic heterocycles. The van der Waals surface area contributed by atoms with Crippen molar-refractivity contribution in [3.63, 3.8) is 0 Å². The van der Waals surface area contributed by atoms with Gasteiger partial charge in [-0.25, -0.2) is 0 Å². The number of anilines is 1. The SMILES string of the molecule is Cl.Nc1nc2c(C(F)(F)F)cccc2o1. The highest BCUT2D eigenvalue weighted by molar-refractivity contribution is 5.85. The average molecular weight is 239 g/mol. The fraction of sp³-hybridized carbons (Fsp3) is 0.125. The van der Waals surface area contributed by atoms with Gasteiger partial charge in [-0.3, -0.25) is 0 Å². The minimum absolute atomic E-state index is 0. The molecule has 0 saturated heterocycles. The minimum Gasteiger partial charge on any atom is -0.424 e. The van der Waals surface area contributed by atoms with Gasteiger partial charge >= 0.3 is 6.18 Å². The van der Waals surface area contributed by atoms with E-state index in [1.807, 2.05) is 0 Å². The van der Waals surface area contributed by atoms with Crippen LogP contribution in [-0.4, -0.2) is 4.98 Å². The van der Waals surface area contributed by atoms with E-state index in [-0.39, 0.29) is 29.5 Å². The minimum atomic E-state index is -4.44. The van der Waals surface area contributed by atoms with Gasteiger partial charge in [-0.2, -0.15) is 18.2 Å². The predicted octanol–water partition coefficient (Wildman–Crippen LogP) is 2.85. The van der Waals surface area contributed by atoms with Crippen LogP contribution < -0.4 is 5.73 Å². The number of hydrogen-bond acceptors (Lipinski definition) is 3. The van der Waals surface area contributed by atoms with Gasteiger partial charge in [-0.1, -0.05) is 6.07 Å². The molecule has 0 unspecified atom stereocenters. The van der Waals surface area contributed by atoms with E-state index in [0.717, 1.165) is 6.07 Å². The van der Waals surface area contributed by atoms with Crippen LogP contribution >= 0.6 is 12.4 Å². The molecule has 0 amide bonds. The molecule has 0 radical (unpaired) electrons. The zero-order valence-electron chi connectivity index (χ0n) is 7.21. The number of nitrogen functional groups attached to an aromatic ring is 1. The number of rotatable bonds is 0. The Balaban J connectivity index is 0.00000112. The van der Waals surface area contributed by atoms with Gasteiger partial charge in [0, 0.05) is 0 Å². The van der Waals surface area contributed by atoms with E-state index < -0.39 is 11.7 Å². The zero-order chi connectivity index (χ0) is 10.3. The second kappa shape index (κ2) is 3.62. The lowest BCUT2D eigenvalue weighted by Gasteiger charge is -2.05. The summed E-state index contributed by atoms with van der Waals surface area (Å²) in [4.78, 5) is 3.47. The van der Waals surface area contributed by atoms with Crippen molar-refractivity contribution in [2.45, 2.75) is 6.18 Å². The third kappa shape index (κ3) is 1.99. The number of benzene rings is 1. The Bertz CT molecular complexity index is 480. The Hall–Kier alpha value is -1.43. The summed E-state index contributed by atoms with van der Waals surface area (Å²) >= 11 is 0. The number of nitrogens with zero attached hydrogens (tertiary/aromatic N) is 1. The number of nitrogens with two attached hydrogens (primary N) is 1. The third-order valence-electron chi connectivity index (χ3n) is 1.74. The molecule has 0 aliphatic rings. The van der Waals surface area contributed by atoms with Crippen molar-refractivity contribution in [2.75, 3.05) is 5.73 Å². The number of halogens is 4. The summed E-state index contributed by atoms with van der Waals surface area (Å²) in [7, 11) is 0. The van der Waals surface area contributed by atoms with E-state index in [4.69, 9.17) is 10.2 Å². The van der Waals surface area contributed by atoms with Gasteiger partial charge in [-0.15, -0.1) is 12.4 Å². The highest BCUT2D eigenvalue weighted by atomic mass is 35.5. The van der Waals surface area contributed by atoms with Crippen molar-refractivity contribution in [1.82, 2.24) is 4.98 Å². The van der Waals surface area contributed by atoms with E-state index in [0.29, 0.717) is 0 Å². The summed E-state index contributed by atoms with van der Waals surface area (Å²) in [6, 6.07) is 3.30. The molecule has 2 N–H and O–H groups in total. The monoisotopic (exact) mass is 238 g/mol. The van der Waals surface area contributed by atoms with Crippen molar-refractivity contribution in [2.24, 2.45) is 0 Å². The molecule has 7 heteroatoms. The molecular weight excluding hydrogens is 233 g/mol. The largest absolute Gasteiger partial charge is 0.424 e. The maximum absolute atomic E-state index is 12.4. The molecule has 0 bridgehead atoms. The van der Waals surface area contributed by atoms with Crippen molar-refractivity contribution in [3.8, 4) is 0 Å². The Kier molecular flexibility index (Phi) is 2.81. The highest BCUT2D eigenvalue weighted by Gasteiger charge is 2.34. The van der Waals surface area contributed by atoms with Gasteiger partial charge in [0.05, 0.1) is 5.56 Å². The molecule has 0 atom stereocenters. The van der Waals surface area contributed by atoms with E-state index in [2.05, 4.69) is 4.98 Å². The summed E-state index contributed by atoms with van der Waals surface area (Å²) in [6.07, 6.45) is -4.44. The first-order valence-corrected chi connectivity index (χ1v) is 3.71. The lowest BCUT2D eigenvalue weighted by molar-refractivity contribution is -0.136. The van der Waals surface area contributed by atoms with E-state index in [9.17, 15) is 13.2 Å². The average Bonchev–Trinajstić information content (AvgIpc) is 2.41. The molecule has 0 fully saturated rings. The van der Waals surface area contributed by atoms with E-state index in [1.165, 1.54) is 12.1 Å². The quantitative estimate of drug-likeness (QED) is 0.768. The Morgan fingerprint density at radius 1 is 1.27 bits per heavy atom. The fourth-order valence-corrected chi connectivity index (χ4v) is 1.19. The highest BCUT2D eigenvalue weighted by Crippen LogP contribution is 2.34. The van der Waals surface area contributed by atoms with Crippen molar-refractivity contribution >= 4 is 29.5 Å². The van der Waals surface area contributed by atoms with Crippen LogP contribution in [0.1, 0.15) is 5.56 Å². The van der Waals surface area contributed by atoms with Gasteiger partial charge in [0.15, 0.2) is 5.58 Å². The summed E-state index contributed by atoms with van der Waals surface area (Å²) in [5.41, 5.74) is 4.11. The number of para-hydroxylation sites is 1. The third-order valence-corrected chi connectivity index (χ3v) is 1.74. The van der Waals surface area contributed by atoms with Crippen molar-refractivity contribution in [1.29, 1.82) is 0 Å². The van der Waals surface area contributed by atoms with Crippen LogP contribution in [0.3, 0.4) is 0 Å². The second-order valence-electron chi connectivity index (χ2n) is 2.70. The molecule has 0 saturated carbocycles. The molecule has 3 nitrogen and oxygen atoms in total. The first-order chi connectivity index (χ1) is 6.48. The Morgan fingerprint density at radius 3 is 2.53 bits per heavy atom. The number of aromatic nitrogens is 1. The first kappa shape index (κ1) is 11.6. The van der Waals surface area contributed by atoms with Crippen LogP contribution in [0.2, 0.25) is 0 Å². The van der Waals surface area contributed by atoms with Gasteiger partial charge in [0.2, 0.25) is 0 Å². The van der Waals surface area contributed by atoms with E-state index in [1.54, 1.807) is 0 Å². The Morgan fingerprint density at radius 2 is 1.93 bits per heavy atom. The van der Waals surface area contributed by atoms with E-state index >= 15 is 0 Å². The predicted molar refractivity (Wildman–Crippen MR) is 50.7 cm³/mol. The molecule has 2 rings (SSSR count). The number of alkyl halides is 3. The molecule has 15 heavy (non-hydrogen) atoms. The normalized spacial score (nSPS) is 11.4. The number of fused-ring (bicyclic) bond motifs is 1. The molecule has 0 aliphatic carbocycles. The maximum Gasteiger partial charge on any atom is 0.418 e. The van der Waals surface area contributed by atoms with Crippen LogP contribution in [-0.2, 0) is 6.18 Å². The molecule has 2 aromatic rings. The lowest BCUT2D eigenvalue weighted by atomic mass is 10.2. The smallest absolute Gasteiger partial charge is 0.418 e. The standard InChI is InChI=1S/C8H5F3N2O.ClH/c9-8(10,11)4-2-1-3-5-6(4)13-7(12)14-5;/h1-3H,(H2,12,13);1H. The molecule has 1 aromatic heterocycles. The topological polar surface area (TPSA) is 52.0 Å². The summed E-state index contributed by atoms with van der Waals surface area (Å²) < 4.78 is 42.0. The van der Waals surface area contributed by atoms with Crippen molar-refractivity contribution < 1.29 is 17.6 Å². The van der Waals surface area contributed by atoms with Crippen LogP contribution in [0.25, 0.3) is 11.1 Å². The molecule has 1 heterocycles. The molecule has 1 aromatic carbocycles. The van der Waals surface area contributed by atoms with Gasteiger partial charge < -0.3 is 10.2 Å². The zero-order valence-corrected chi connectivity index (χ0v) is 8.02. The van der Waals surface area contributed by atoms with Crippen LogP contribution in [0, 0.1) is 0 Å². The molecule has 0 spiro atoms.